The molecule has 0 aliphatic heterocycles. The molecule has 4 rings (SSSR count). The molecule has 1 aliphatic carbocycles. The number of rotatable bonds is 10. The van der Waals surface area contributed by atoms with Gasteiger partial charge in [-0.25, -0.2) is 13.2 Å². The average molecular weight is 493 g/mol. The largest absolute Gasteiger partial charge is 0.206 e. The van der Waals surface area contributed by atoms with Crippen LogP contribution in [0.1, 0.15) is 95.1 Å². The zero-order valence-electron chi connectivity index (χ0n) is 21.8. The minimum atomic E-state index is -0.830. The van der Waals surface area contributed by atoms with E-state index in [0.29, 0.717) is 29.0 Å². The van der Waals surface area contributed by atoms with E-state index in [9.17, 15) is 8.78 Å². The van der Waals surface area contributed by atoms with E-state index < -0.39 is 11.6 Å². The van der Waals surface area contributed by atoms with Crippen LogP contribution < -0.4 is 0 Å². The fourth-order valence-electron chi connectivity index (χ4n) is 5.76. The Morgan fingerprint density at radius 2 is 1.31 bits per heavy atom. The summed E-state index contributed by atoms with van der Waals surface area (Å²) >= 11 is 0. The van der Waals surface area contributed by atoms with Crippen LogP contribution >= 0.6 is 0 Å². The number of aryl methyl sites for hydroxylation is 1. The standard InChI is InChI=1S/C33H39F3/c1-3-5-6-7-8-9-23-10-12-25(13-11-23)28-19-20-29(31(34)22-28)26-14-16-27(17-15-26)30-21-18-24(4-2)32(35)33(30)36/h14-23,25H,3-13H2,1-2H3. The topological polar surface area (TPSA) is 0 Å². The molecule has 3 aromatic rings. The number of unbranched alkanes of at least 4 members (excludes halogenated alkanes) is 4. The molecule has 3 heteroatoms. The first-order valence-corrected chi connectivity index (χ1v) is 13.9. The first kappa shape index (κ1) is 26.5. The lowest BCUT2D eigenvalue weighted by atomic mass is 9.77. The molecule has 1 saturated carbocycles. The van der Waals surface area contributed by atoms with Gasteiger partial charge in [0.25, 0.3) is 0 Å². The molecule has 0 unspecified atom stereocenters. The first-order chi connectivity index (χ1) is 17.5. The van der Waals surface area contributed by atoms with Crippen LogP contribution in [0.15, 0.2) is 54.6 Å². The Hall–Kier alpha value is -2.55. The van der Waals surface area contributed by atoms with Gasteiger partial charge in [0, 0.05) is 11.1 Å². The van der Waals surface area contributed by atoms with Crippen molar-refractivity contribution in [1.82, 2.24) is 0 Å². The summed E-state index contributed by atoms with van der Waals surface area (Å²) in [5, 5.41) is 0. The molecule has 0 amide bonds. The van der Waals surface area contributed by atoms with Crippen molar-refractivity contribution in [1.29, 1.82) is 0 Å². The monoisotopic (exact) mass is 492 g/mol. The van der Waals surface area contributed by atoms with Crippen LogP contribution in [0.3, 0.4) is 0 Å². The van der Waals surface area contributed by atoms with Crippen molar-refractivity contribution in [3.05, 3.63) is 83.2 Å². The predicted molar refractivity (Wildman–Crippen MR) is 145 cm³/mol. The number of halogens is 3. The highest BCUT2D eigenvalue weighted by Crippen LogP contribution is 2.39. The molecule has 0 atom stereocenters. The van der Waals surface area contributed by atoms with Gasteiger partial charge in [0.15, 0.2) is 11.6 Å². The van der Waals surface area contributed by atoms with E-state index in [1.165, 1.54) is 51.4 Å². The van der Waals surface area contributed by atoms with Gasteiger partial charge in [-0.3, -0.25) is 0 Å². The smallest absolute Gasteiger partial charge is 0.166 e. The SMILES string of the molecule is CCCCCCCC1CCC(c2ccc(-c3ccc(-c4ccc(CC)c(F)c4F)cc3)c(F)c2)CC1. The van der Waals surface area contributed by atoms with Crippen molar-refractivity contribution in [3.8, 4) is 22.3 Å². The second kappa shape index (κ2) is 12.6. The van der Waals surface area contributed by atoms with E-state index in [2.05, 4.69) is 13.0 Å². The van der Waals surface area contributed by atoms with E-state index in [4.69, 9.17) is 0 Å². The summed E-state index contributed by atoms with van der Waals surface area (Å²) in [6.07, 6.45) is 13.3. The summed E-state index contributed by atoms with van der Waals surface area (Å²) in [4.78, 5) is 0. The molecule has 1 aliphatic rings. The van der Waals surface area contributed by atoms with Gasteiger partial charge in [-0.2, -0.15) is 0 Å². The van der Waals surface area contributed by atoms with Crippen molar-refractivity contribution >= 4 is 0 Å². The molecule has 0 bridgehead atoms. The van der Waals surface area contributed by atoms with Gasteiger partial charge in [-0.05, 0) is 72.3 Å². The molecule has 0 heterocycles. The lowest BCUT2D eigenvalue weighted by Gasteiger charge is -2.29. The van der Waals surface area contributed by atoms with Crippen LogP contribution in [0.25, 0.3) is 22.3 Å². The molecule has 36 heavy (non-hydrogen) atoms. The number of hydrogen-bond donors (Lipinski definition) is 0. The first-order valence-electron chi connectivity index (χ1n) is 13.9. The van der Waals surface area contributed by atoms with Gasteiger partial charge in [-0.1, -0.05) is 101 Å². The summed E-state index contributed by atoms with van der Waals surface area (Å²) in [5.41, 5.74) is 3.55. The molecular formula is C33H39F3. The Labute approximate surface area is 215 Å². The highest BCUT2D eigenvalue weighted by molar-refractivity contribution is 5.71. The molecule has 1 fully saturated rings. The van der Waals surface area contributed by atoms with E-state index in [-0.39, 0.29) is 11.4 Å². The van der Waals surface area contributed by atoms with Gasteiger partial charge < -0.3 is 0 Å². The predicted octanol–water partition coefficient (Wildman–Crippen LogP) is 10.6. The summed E-state index contributed by atoms with van der Waals surface area (Å²) in [5.74, 6) is -0.563. The van der Waals surface area contributed by atoms with Crippen LogP contribution in [0.5, 0.6) is 0 Å². The van der Waals surface area contributed by atoms with Crippen LogP contribution in [0.4, 0.5) is 13.2 Å². The summed E-state index contributed by atoms with van der Waals surface area (Å²) < 4.78 is 43.9. The molecule has 3 aromatic carbocycles. The molecule has 192 valence electrons. The van der Waals surface area contributed by atoms with Crippen molar-refractivity contribution in [2.24, 2.45) is 5.92 Å². The van der Waals surface area contributed by atoms with Crippen LogP contribution in [-0.2, 0) is 6.42 Å². The molecule has 0 spiro atoms. The Balaban J connectivity index is 1.38. The minimum Gasteiger partial charge on any atom is -0.206 e. The minimum absolute atomic E-state index is 0.220. The zero-order valence-corrected chi connectivity index (χ0v) is 21.8. The molecule has 0 saturated heterocycles. The van der Waals surface area contributed by atoms with Crippen LogP contribution in [0, 0.1) is 23.4 Å². The van der Waals surface area contributed by atoms with E-state index in [1.54, 1.807) is 49.4 Å². The van der Waals surface area contributed by atoms with Crippen molar-refractivity contribution in [3.63, 3.8) is 0 Å². The van der Waals surface area contributed by atoms with Gasteiger partial charge in [0.2, 0.25) is 0 Å². The van der Waals surface area contributed by atoms with Gasteiger partial charge in [0.1, 0.15) is 5.82 Å². The van der Waals surface area contributed by atoms with E-state index >= 15 is 4.39 Å². The summed E-state index contributed by atoms with van der Waals surface area (Å²) in [7, 11) is 0. The van der Waals surface area contributed by atoms with Crippen molar-refractivity contribution in [2.75, 3.05) is 0 Å². The normalized spacial score (nSPS) is 17.9. The summed E-state index contributed by atoms with van der Waals surface area (Å²) in [6.45, 7) is 4.05. The Kier molecular flexibility index (Phi) is 9.29. The molecule has 0 nitrogen and oxygen atoms in total. The quantitative estimate of drug-likeness (QED) is 0.247. The maximum Gasteiger partial charge on any atom is 0.166 e. The Morgan fingerprint density at radius 1 is 0.667 bits per heavy atom. The number of benzene rings is 3. The fourth-order valence-corrected chi connectivity index (χ4v) is 5.76. The Morgan fingerprint density at radius 3 is 1.94 bits per heavy atom. The maximum absolute atomic E-state index is 15.2. The average Bonchev–Trinajstić information content (AvgIpc) is 2.91. The van der Waals surface area contributed by atoms with Gasteiger partial charge in [-0.15, -0.1) is 0 Å². The number of hydrogen-bond acceptors (Lipinski definition) is 0. The van der Waals surface area contributed by atoms with Gasteiger partial charge >= 0.3 is 0 Å². The van der Waals surface area contributed by atoms with E-state index in [1.807, 2.05) is 6.07 Å². The lowest BCUT2D eigenvalue weighted by molar-refractivity contribution is 0.301. The van der Waals surface area contributed by atoms with Gasteiger partial charge in [0.05, 0.1) is 0 Å². The second-order valence-corrected chi connectivity index (χ2v) is 10.5. The third kappa shape index (κ3) is 6.22. The molecular weight excluding hydrogens is 453 g/mol. The molecule has 0 N–H and O–H groups in total. The molecule has 0 radical (unpaired) electrons. The highest BCUT2D eigenvalue weighted by Gasteiger charge is 2.23. The molecule has 0 aromatic heterocycles. The lowest BCUT2D eigenvalue weighted by Crippen LogP contribution is -2.13. The highest BCUT2D eigenvalue weighted by atomic mass is 19.2. The zero-order chi connectivity index (χ0) is 25.5. The van der Waals surface area contributed by atoms with Crippen LogP contribution in [-0.4, -0.2) is 0 Å². The van der Waals surface area contributed by atoms with Crippen molar-refractivity contribution < 1.29 is 13.2 Å². The van der Waals surface area contributed by atoms with Crippen molar-refractivity contribution in [2.45, 2.75) is 90.4 Å². The van der Waals surface area contributed by atoms with E-state index in [0.717, 1.165) is 29.9 Å². The third-order valence-electron chi connectivity index (χ3n) is 8.08. The third-order valence-corrected chi connectivity index (χ3v) is 8.08. The second-order valence-electron chi connectivity index (χ2n) is 10.5. The fraction of sp³-hybridized carbons (Fsp3) is 0.455. The van der Waals surface area contributed by atoms with Crippen LogP contribution in [0.2, 0.25) is 0 Å². The Bertz CT molecular complexity index is 1120. The maximum atomic E-state index is 15.2. The summed E-state index contributed by atoms with van der Waals surface area (Å²) in [6, 6.07) is 15.9.